The number of nitrogens with zero attached hydrogens (tertiary/aromatic N) is 2. The molecule has 0 aliphatic heterocycles. The van der Waals surface area contributed by atoms with Gasteiger partial charge in [-0.05, 0) is 18.2 Å². The molecule has 0 aliphatic rings. The third-order valence-corrected chi connectivity index (χ3v) is 2.80. The first-order chi connectivity index (χ1) is 8.58. The van der Waals surface area contributed by atoms with Crippen molar-refractivity contribution < 1.29 is 4.79 Å². The molecule has 0 saturated heterocycles. The molecule has 1 aromatic carbocycles. The molecular formula is C12H13ClN4O. The second kappa shape index (κ2) is 5.10. The van der Waals surface area contributed by atoms with E-state index in [1.54, 1.807) is 42.5 Å². The van der Waals surface area contributed by atoms with Gasteiger partial charge in [0.25, 0.3) is 5.91 Å². The van der Waals surface area contributed by atoms with Crippen molar-refractivity contribution >= 4 is 23.2 Å². The molecule has 0 unspecified atom stereocenters. The normalized spacial score (nSPS) is 10.3. The van der Waals surface area contributed by atoms with Crippen molar-refractivity contribution in [2.75, 3.05) is 12.8 Å². The maximum absolute atomic E-state index is 12.2. The lowest BCUT2D eigenvalue weighted by Crippen LogP contribution is -2.26. The van der Waals surface area contributed by atoms with E-state index in [1.807, 2.05) is 0 Å². The number of carbonyl (C=O) groups excluding carboxylic acids is 1. The van der Waals surface area contributed by atoms with Crippen LogP contribution in [0.4, 0.5) is 5.69 Å². The molecule has 6 heteroatoms. The van der Waals surface area contributed by atoms with Crippen LogP contribution in [0.5, 0.6) is 0 Å². The minimum absolute atomic E-state index is 0.170. The van der Waals surface area contributed by atoms with Crippen LogP contribution >= 0.6 is 11.6 Å². The highest BCUT2D eigenvalue weighted by atomic mass is 35.5. The van der Waals surface area contributed by atoms with Crippen LogP contribution in [-0.2, 0) is 6.54 Å². The fourth-order valence-electron chi connectivity index (χ4n) is 1.63. The van der Waals surface area contributed by atoms with Crippen molar-refractivity contribution in [1.82, 2.24) is 15.1 Å². The minimum atomic E-state index is -0.170. The van der Waals surface area contributed by atoms with Gasteiger partial charge in [0.05, 0.1) is 11.8 Å². The van der Waals surface area contributed by atoms with Gasteiger partial charge < -0.3 is 10.6 Å². The SMILES string of the molecule is CN(Cc1cn[nH]c1)C(=O)c1cc(Cl)ccc1N. The van der Waals surface area contributed by atoms with Crippen LogP contribution in [0.1, 0.15) is 15.9 Å². The lowest BCUT2D eigenvalue weighted by molar-refractivity contribution is 0.0786. The Hall–Kier alpha value is -2.01. The second-order valence-electron chi connectivity index (χ2n) is 4.00. The van der Waals surface area contributed by atoms with Gasteiger partial charge in [-0.3, -0.25) is 9.89 Å². The molecule has 1 amide bonds. The summed E-state index contributed by atoms with van der Waals surface area (Å²) in [5.74, 6) is -0.170. The molecule has 0 saturated carbocycles. The monoisotopic (exact) mass is 264 g/mol. The molecule has 0 aliphatic carbocycles. The fraction of sp³-hybridized carbons (Fsp3) is 0.167. The van der Waals surface area contributed by atoms with Gasteiger partial charge in [0.2, 0.25) is 0 Å². The molecule has 0 atom stereocenters. The molecule has 5 nitrogen and oxygen atoms in total. The highest BCUT2D eigenvalue weighted by molar-refractivity contribution is 6.31. The summed E-state index contributed by atoms with van der Waals surface area (Å²) in [7, 11) is 1.70. The van der Waals surface area contributed by atoms with Gasteiger partial charge in [-0.15, -0.1) is 0 Å². The summed E-state index contributed by atoms with van der Waals surface area (Å²) in [6, 6.07) is 4.86. The van der Waals surface area contributed by atoms with Gasteiger partial charge in [0.15, 0.2) is 0 Å². The van der Waals surface area contributed by atoms with Gasteiger partial charge in [0.1, 0.15) is 0 Å². The average Bonchev–Trinajstić information content (AvgIpc) is 2.84. The zero-order chi connectivity index (χ0) is 13.1. The Balaban J connectivity index is 2.17. The first kappa shape index (κ1) is 12.4. The molecule has 0 fully saturated rings. The number of anilines is 1. The molecule has 94 valence electrons. The maximum Gasteiger partial charge on any atom is 0.256 e. The Labute approximate surface area is 110 Å². The van der Waals surface area contributed by atoms with E-state index in [2.05, 4.69) is 10.2 Å². The van der Waals surface area contributed by atoms with Crippen LogP contribution in [0.2, 0.25) is 5.02 Å². The van der Waals surface area contributed by atoms with E-state index in [0.717, 1.165) is 5.56 Å². The number of amides is 1. The number of halogens is 1. The molecule has 2 aromatic rings. The number of nitrogens with one attached hydrogen (secondary N) is 1. The zero-order valence-electron chi connectivity index (χ0n) is 9.85. The predicted molar refractivity (Wildman–Crippen MR) is 70.2 cm³/mol. The van der Waals surface area contributed by atoms with E-state index in [1.165, 1.54) is 0 Å². The van der Waals surface area contributed by atoms with E-state index in [0.29, 0.717) is 22.8 Å². The summed E-state index contributed by atoms with van der Waals surface area (Å²) in [6.07, 6.45) is 3.41. The van der Waals surface area contributed by atoms with Crippen molar-refractivity contribution in [3.05, 3.63) is 46.7 Å². The molecule has 2 rings (SSSR count). The van der Waals surface area contributed by atoms with Crippen LogP contribution in [0.3, 0.4) is 0 Å². The predicted octanol–water partition coefficient (Wildman–Crippen LogP) is 1.92. The van der Waals surface area contributed by atoms with Crippen molar-refractivity contribution in [3.8, 4) is 0 Å². The number of rotatable bonds is 3. The largest absolute Gasteiger partial charge is 0.398 e. The van der Waals surface area contributed by atoms with Crippen LogP contribution in [0.15, 0.2) is 30.6 Å². The summed E-state index contributed by atoms with van der Waals surface area (Å²) < 4.78 is 0. The van der Waals surface area contributed by atoms with Crippen LogP contribution < -0.4 is 5.73 Å². The Morgan fingerprint density at radius 2 is 2.33 bits per heavy atom. The van der Waals surface area contributed by atoms with Crippen molar-refractivity contribution in [1.29, 1.82) is 0 Å². The lowest BCUT2D eigenvalue weighted by atomic mass is 10.1. The van der Waals surface area contributed by atoms with Gasteiger partial charge in [-0.25, -0.2) is 0 Å². The summed E-state index contributed by atoms with van der Waals surface area (Å²) in [5, 5.41) is 7.02. The molecule has 1 aromatic heterocycles. The third kappa shape index (κ3) is 2.62. The Morgan fingerprint density at radius 1 is 1.56 bits per heavy atom. The summed E-state index contributed by atoms with van der Waals surface area (Å²) in [5.41, 5.74) is 7.53. The molecule has 0 radical (unpaired) electrons. The number of H-pyrrole nitrogens is 1. The Kier molecular flexibility index (Phi) is 3.53. The standard InChI is InChI=1S/C12H13ClN4O/c1-17(7-8-5-15-16-6-8)12(18)10-4-9(13)2-3-11(10)14/h2-6H,7,14H2,1H3,(H,15,16). The van der Waals surface area contributed by atoms with Crippen molar-refractivity contribution in [2.24, 2.45) is 0 Å². The Bertz CT molecular complexity index is 553. The fourth-order valence-corrected chi connectivity index (χ4v) is 1.80. The van der Waals surface area contributed by atoms with E-state index in [9.17, 15) is 4.79 Å². The highest BCUT2D eigenvalue weighted by Gasteiger charge is 2.15. The van der Waals surface area contributed by atoms with Crippen molar-refractivity contribution in [2.45, 2.75) is 6.54 Å². The van der Waals surface area contributed by atoms with Gasteiger partial charge >= 0.3 is 0 Å². The molecule has 1 heterocycles. The number of aromatic nitrogens is 2. The van der Waals surface area contributed by atoms with E-state index < -0.39 is 0 Å². The minimum Gasteiger partial charge on any atom is -0.398 e. The molecule has 3 N–H and O–H groups in total. The summed E-state index contributed by atoms with van der Waals surface area (Å²) in [6.45, 7) is 0.460. The first-order valence-corrected chi connectivity index (χ1v) is 5.74. The summed E-state index contributed by atoms with van der Waals surface area (Å²) in [4.78, 5) is 13.8. The highest BCUT2D eigenvalue weighted by Crippen LogP contribution is 2.19. The molecule has 18 heavy (non-hydrogen) atoms. The number of nitrogens with two attached hydrogens (primary N) is 1. The van der Waals surface area contributed by atoms with Gasteiger partial charge in [-0.1, -0.05) is 11.6 Å². The van der Waals surface area contributed by atoms with E-state index in [4.69, 9.17) is 17.3 Å². The van der Waals surface area contributed by atoms with E-state index >= 15 is 0 Å². The summed E-state index contributed by atoms with van der Waals surface area (Å²) >= 11 is 5.87. The quantitative estimate of drug-likeness (QED) is 0.832. The van der Waals surface area contributed by atoms with Crippen LogP contribution in [-0.4, -0.2) is 28.1 Å². The zero-order valence-corrected chi connectivity index (χ0v) is 10.6. The topological polar surface area (TPSA) is 75.0 Å². The number of benzene rings is 1. The smallest absolute Gasteiger partial charge is 0.256 e. The number of hydrogen-bond acceptors (Lipinski definition) is 3. The van der Waals surface area contributed by atoms with Gasteiger partial charge in [-0.2, -0.15) is 5.10 Å². The second-order valence-corrected chi connectivity index (χ2v) is 4.44. The van der Waals surface area contributed by atoms with Crippen molar-refractivity contribution in [3.63, 3.8) is 0 Å². The van der Waals surface area contributed by atoms with E-state index in [-0.39, 0.29) is 5.91 Å². The molecular weight excluding hydrogens is 252 g/mol. The lowest BCUT2D eigenvalue weighted by Gasteiger charge is -2.17. The number of carbonyl (C=O) groups is 1. The number of aromatic amines is 1. The first-order valence-electron chi connectivity index (χ1n) is 5.36. The third-order valence-electron chi connectivity index (χ3n) is 2.57. The maximum atomic E-state index is 12.2. The Morgan fingerprint density at radius 3 is 3.00 bits per heavy atom. The number of hydrogen-bond donors (Lipinski definition) is 2. The molecule has 0 bridgehead atoms. The van der Waals surface area contributed by atoms with Crippen LogP contribution in [0.25, 0.3) is 0 Å². The number of nitrogen functional groups attached to an aromatic ring is 1. The average molecular weight is 265 g/mol. The molecule has 0 spiro atoms. The van der Waals surface area contributed by atoms with Crippen LogP contribution in [0, 0.1) is 0 Å². The van der Waals surface area contributed by atoms with Gasteiger partial charge in [0, 0.05) is 36.1 Å².